The lowest BCUT2D eigenvalue weighted by molar-refractivity contribution is -0.0510. The lowest BCUT2D eigenvalue weighted by Crippen LogP contribution is -2.32. The fourth-order valence-corrected chi connectivity index (χ4v) is 2.02. The largest absolute Gasteiger partial charge is 0.434 e. The Morgan fingerprint density at radius 2 is 2.00 bits per heavy atom. The molecule has 0 aliphatic rings. The predicted octanol–water partition coefficient (Wildman–Crippen LogP) is 2.63. The van der Waals surface area contributed by atoms with Crippen molar-refractivity contribution in [2.45, 2.75) is 26.5 Å². The van der Waals surface area contributed by atoms with Crippen LogP contribution in [0.4, 0.5) is 8.78 Å². The van der Waals surface area contributed by atoms with Crippen LogP contribution in [-0.2, 0) is 0 Å². The Balaban J connectivity index is 2.92. The third-order valence-corrected chi connectivity index (χ3v) is 2.96. The van der Waals surface area contributed by atoms with Crippen LogP contribution in [-0.4, -0.2) is 31.1 Å². The van der Waals surface area contributed by atoms with Gasteiger partial charge >= 0.3 is 6.61 Å². The van der Waals surface area contributed by atoms with E-state index >= 15 is 0 Å². The van der Waals surface area contributed by atoms with Gasteiger partial charge < -0.3 is 10.5 Å². The van der Waals surface area contributed by atoms with Crippen molar-refractivity contribution in [3.8, 4) is 5.75 Å². The van der Waals surface area contributed by atoms with E-state index in [-0.39, 0.29) is 11.8 Å². The van der Waals surface area contributed by atoms with Gasteiger partial charge in [0.05, 0.1) is 0 Å². The molecule has 102 valence electrons. The topological polar surface area (TPSA) is 38.5 Å². The maximum absolute atomic E-state index is 12.3. The van der Waals surface area contributed by atoms with Crippen molar-refractivity contribution < 1.29 is 13.5 Å². The minimum atomic E-state index is -2.80. The molecule has 3 nitrogen and oxygen atoms in total. The van der Waals surface area contributed by atoms with E-state index in [1.54, 1.807) is 12.1 Å². The molecule has 0 aromatic heterocycles. The Hall–Kier alpha value is -1.20. The van der Waals surface area contributed by atoms with Crippen LogP contribution >= 0.6 is 0 Å². The van der Waals surface area contributed by atoms with Gasteiger partial charge in [-0.1, -0.05) is 25.1 Å². The summed E-state index contributed by atoms with van der Waals surface area (Å²) >= 11 is 0. The summed E-state index contributed by atoms with van der Waals surface area (Å²) in [5, 5.41) is 0. The molecular weight excluding hydrogens is 238 g/mol. The number of nitrogens with zero attached hydrogens (tertiary/aromatic N) is 1. The van der Waals surface area contributed by atoms with Crippen molar-refractivity contribution in [1.82, 2.24) is 4.90 Å². The number of likely N-dealkylation sites (N-methyl/N-ethyl adjacent to an activating group) is 1. The van der Waals surface area contributed by atoms with Gasteiger partial charge in [-0.25, -0.2) is 0 Å². The zero-order valence-electron chi connectivity index (χ0n) is 10.8. The van der Waals surface area contributed by atoms with E-state index in [0.29, 0.717) is 6.54 Å². The summed E-state index contributed by atoms with van der Waals surface area (Å²) in [6.45, 7) is 3.25. The van der Waals surface area contributed by atoms with Gasteiger partial charge in [0.1, 0.15) is 5.75 Å². The summed E-state index contributed by atoms with van der Waals surface area (Å²) in [6.07, 6.45) is 0. The molecule has 0 spiro atoms. The van der Waals surface area contributed by atoms with Gasteiger partial charge in [-0.15, -0.1) is 0 Å². The molecular formula is C13H20F2N2O. The summed E-state index contributed by atoms with van der Waals surface area (Å²) < 4.78 is 29.2. The van der Waals surface area contributed by atoms with E-state index in [1.165, 1.54) is 0 Å². The first-order valence-electron chi connectivity index (χ1n) is 6.08. The standard InChI is InChI=1S/C13H20F2N2O/c1-3-17(9-8-16)10(2)11-6-4-5-7-12(11)18-13(14)15/h4-7,10,13H,3,8-9,16H2,1-2H3. The van der Waals surface area contributed by atoms with Crippen LogP contribution in [0, 0.1) is 0 Å². The number of para-hydroxylation sites is 1. The van der Waals surface area contributed by atoms with Gasteiger partial charge in [-0.3, -0.25) is 4.90 Å². The second-order valence-electron chi connectivity index (χ2n) is 4.01. The van der Waals surface area contributed by atoms with Gasteiger partial charge in [0, 0.05) is 24.7 Å². The molecule has 1 aromatic rings. The highest BCUT2D eigenvalue weighted by Crippen LogP contribution is 2.29. The monoisotopic (exact) mass is 258 g/mol. The summed E-state index contributed by atoms with van der Waals surface area (Å²) in [4.78, 5) is 2.12. The number of benzene rings is 1. The average Bonchev–Trinajstić information content (AvgIpc) is 2.35. The van der Waals surface area contributed by atoms with E-state index in [9.17, 15) is 8.78 Å². The van der Waals surface area contributed by atoms with Crippen LogP contribution in [0.5, 0.6) is 5.75 Å². The Morgan fingerprint density at radius 3 is 2.56 bits per heavy atom. The van der Waals surface area contributed by atoms with E-state index in [1.807, 2.05) is 26.0 Å². The van der Waals surface area contributed by atoms with Gasteiger partial charge in [-0.05, 0) is 19.5 Å². The number of halogens is 2. The zero-order chi connectivity index (χ0) is 13.5. The number of nitrogens with two attached hydrogens (primary N) is 1. The molecule has 2 N–H and O–H groups in total. The molecule has 1 atom stereocenters. The van der Waals surface area contributed by atoms with Gasteiger partial charge in [0.2, 0.25) is 0 Å². The number of alkyl halides is 2. The Morgan fingerprint density at radius 1 is 1.33 bits per heavy atom. The van der Waals surface area contributed by atoms with Crippen molar-refractivity contribution in [3.63, 3.8) is 0 Å². The average molecular weight is 258 g/mol. The summed E-state index contributed by atoms with van der Waals surface area (Å²) in [5.41, 5.74) is 6.30. The number of ether oxygens (including phenoxy) is 1. The zero-order valence-corrected chi connectivity index (χ0v) is 10.8. The van der Waals surface area contributed by atoms with Crippen molar-refractivity contribution in [2.75, 3.05) is 19.6 Å². The Labute approximate surface area is 107 Å². The molecule has 0 fully saturated rings. The third-order valence-electron chi connectivity index (χ3n) is 2.96. The molecule has 0 aliphatic carbocycles. The normalized spacial score (nSPS) is 13.1. The Bertz CT molecular complexity index is 361. The molecule has 0 aliphatic heterocycles. The third kappa shape index (κ3) is 3.92. The quantitative estimate of drug-likeness (QED) is 0.817. The summed E-state index contributed by atoms with van der Waals surface area (Å²) in [5.74, 6) is 0.232. The minimum Gasteiger partial charge on any atom is -0.434 e. The maximum Gasteiger partial charge on any atom is 0.387 e. The van der Waals surface area contributed by atoms with Crippen LogP contribution in [0.15, 0.2) is 24.3 Å². The smallest absolute Gasteiger partial charge is 0.387 e. The molecule has 1 unspecified atom stereocenters. The minimum absolute atomic E-state index is 0.00602. The van der Waals surface area contributed by atoms with Crippen LogP contribution in [0.1, 0.15) is 25.5 Å². The summed E-state index contributed by atoms with van der Waals surface area (Å²) in [7, 11) is 0. The molecule has 1 rings (SSSR count). The van der Waals surface area contributed by atoms with E-state index in [4.69, 9.17) is 5.73 Å². The number of hydrogen-bond donors (Lipinski definition) is 1. The van der Waals surface area contributed by atoms with Crippen LogP contribution in [0.2, 0.25) is 0 Å². The number of rotatable bonds is 7. The van der Waals surface area contributed by atoms with Crippen molar-refractivity contribution >= 4 is 0 Å². The molecule has 5 heteroatoms. The van der Waals surface area contributed by atoms with Crippen LogP contribution in [0.25, 0.3) is 0 Å². The lowest BCUT2D eigenvalue weighted by atomic mass is 10.1. The molecule has 0 saturated heterocycles. The van der Waals surface area contributed by atoms with Crippen LogP contribution in [0.3, 0.4) is 0 Å². The number of hydrogen-bond acceptors (Lipinski definition) is 3. The fraction of sp³-hybridized carbons (Fsp3) is 0.538. The van der Waals surface area contributed by atoms with Crippen molar-refractivity contribution in [1.29, 1.82) is 0 Å². The highest BCUT2D eigenvalue weighted by molar-refractivity contribution is 5.35. The first-order chi connectivity index (χ1) is 8.60. The van der Waals surface area contributed by atoms with E-state index in [2.05, 4.69) is 9.64 Å². The highest BCUT2D eigenvalue weighted by Gasteiger charge is 2.18. The molecule has 18 heavy (non-hydrogen) atoms. The molecule has 0 heterocycles. The SMILES string of the molecule is CCN(CCN)C(C)c1ccccc1OC(F)F. The van der Waals surface area contributed by atoms with Gasteiger partial charge in [0.25, 0.3) is 0 Å². The fourth-order valence-electron chi connectivity index (χ4n) is 2.02. The first kappa shape index (κ1) is 14.9. The lowest BCUT2D eigenvalue weighted by Gasteiger charge is -2.28. The molecule has 0 saturated carbocycles. The molecule has 1 aromatic carbocycles. The second-order valence-corrected chi connectivity index (χ2v) is 4.01. The predicted molar refractivity (Wildman–Crippen MR) is 67.8 cm³/mol. The second kappa shape index (κ2) is 7.28. The van der Waals surface area contributed by atoms with Crippen molar-refractivity contribution in [3.05, 3.63) is 29.8 Å². The van der Waals surface area contributed by atoms with Gasteiger partial charge in [-0.2, -0.15) is 8.78 Å². The van der Waals surface area contributed by atoms with E-state index < -0.39 is 6.61 Å². The maximum atomic E-state index is 12.3. The molecule has 0 bridgehead atoms. The van der Waals surface area contributed by atoms with Crippen molar-refractivity contribution in [2.24, 2.45) is 5.73 Å². The van der Waals surface area contributed by atoms with Gasteiger partial charge in [0.15, 0.2) is 0 Å². The summed E-state index contributed by atoms with van der Waals surface area (Å²) in [6, 6.07) is 6.87. The molecule has 0 amide bonds. The van der Waals surface area contributed by atoms with E-state index in [0.717, 1.165) is 18.7 Å². The Kier molecular flexibility index (Phi) is 6.01. The molecule has 0 radical (unpaired) electrons. The highest BCUT2D eigenvalue weighted by atomic mass is 19.3. The van der Waals surface area contributed by atoms with Crippen LogP contribution < -0.4 is 10.5 Å². The first-order valence-corrected chi connectivity index (χ1v) is 6.08.